The standard InChI is InChI=1S/C15H17N3OS/c1-20-14-7-5-11(6-8-14)10-17-12-3-2-4-13(9-12)18-15(16)19/h2-9,17H,10H2,1H3,(H3,16,18,19). The molecule has 4 N–H and O–H groups in total. The van der Waals surface area contributed by atoms with E-state index in [2.05, 4.69) is 41.2 Å². The Bertz CT molecular complexity index is 584. The van der Waals surface area contributed by atoms with Crippen LogP contribution in [0.4, 0.5) is 16.2 Å². The normalized spacial score (nSPS) is 10.1. The molecule has 0 spiro atoms. The van der Waals surface area contributed by atoms with Gasteiger partial charge in [-0.3, -0.25) is 0 Å². The van der Waals surface area contributed by atoms with Crippen molar-refractivity contribution in [3.8, 4) is 0 Å². The van der Waals surface area contributed by atoms with Gasteiger partial charge in [0.25, 0.3) is 0 Å². The van der Waals surface area contributed by atoms with Crippen LogP contribution in [-0.4, -0.2) is 12.3 Å². The summed E-state index contributed by atoms with van der Waals surface area (Å²) in [4.78, 5) is 12.1. The lowest BCUT2D eigenvalue weighted by molar-refractivity contribution is 0.259. The minimum absolute atomic E-state index is 0.560. The van der Waals surface area contributed by atoms with Gasteiger partial charge in [-0.25, -0.2) is 4.79 Å². The molecule has 4 nitrogen and oxygen atoms in total. The van der Waals surface area contributed by atoms with E-state index in [1.54, 1.807) is 17.8 Å². The van der Waals surface area contributed by atoms with E-state index >= 15 is 0 Å². The smallest absolute Gasteiger partial charge is 0.316 e. The van der Waals surface area contributed by atoms with Crippen LogP contribution in [0, 0.1) is 0 Å². The van der Waals surface area contributed by atoms with E-state index in [0.717, 1.165) is 12.2 Å². The third-order valence-corrected chi connectivity index (χ3v) is 3.53. The van der Waals surface area contributed by atoms with E-state index < -0.39 is 6.03 Å². The fourth-order valence-corrected chi connectivity index (χ4v) is 2.20. The first kappa shape index (κ1) is 14.3. The first-order chi connectivity index (χ1) is 9.67. The van der Waals surface area contributed by atoms with Gasteiger partial charge in [-0.2, -0.15) is 0 Å². The van der Waals surface area contributed by atoms with Crippen LogP contribution >= 0.6 is 11.8 Å². The minimum Gasteiger partial charge on any atom is -0.381 e. The number of anilines is 2. The van der Waals surface area contributed by atoms with Crippen LogP contribution < -0.4 is 16.4 Å². The summed E-state index contributed by atoms with van der Waals surface area (Å²) in [5.74, 6) is 0. The second-order valence-corrected chi connectivity index (χ2v) is 5.15. The molecule has 20 heavy (non-hydrogen) atoms. The fraction of sp³-hybridized carbons (Fsp3) is 0.133. The summed E-state index contributed by atoms with van der Waals surface area (Å²) in [6.45, 7) is 0.731. The summed E-state index contributed by atoms with van der Waals surface area (Å²) in [7, 11) is 0. The molecule has 0 bridgehead atoms. The van der Waals surface area contributed by atoms with E-state index in [-0.39, 0.29) is 0 Å². The van der Waals surface area contributed by atoms with Gasteiger partial charge in [-0.15, -0.1) is 11.8 Å². The van der Waals surface area contributed by atoms with Crippen molar-refractivity contribution >= 4 is 29.2 Å². The van der Waals surface area contributed by atoms with Gasteiger partial charge in [-0.1, -0.05) is 18.2 Å². The summed E-state index contributed by atoms with van der Waals surface area (Å²) in [5, 5.41) is 5.87. The highest BCUT2D eigenvalue weighted by atomic mass is 32.2. The molecule has 104 valence electrons. The lowest BCUT2D eigenvalue weighted by Gasteiger charge is -2.09. The number of nitrogens with two attached hydrogens (primary N) is 1. The van der Waals surface area contributed by atoms with E-state index in [1.165, 1.54) is 10.5 Å². The van der Waals surface area contributed by atoms with Gasteiger partial charge in [0.1, 0.15) is 0 Å². The molecular formula is C15H17N3OS. The van der Waals surface area contributed by atoms with Crippen LogP contribution in [0.25, 0.3) is 0 Å². The SMILES string of the molecule is CSc1ccc(CNc2cccc(NC(N)=O)c2)cc1. The molecule has 0 aliphatic carbocycles. The van der Waals surface area contributed by atoms with Gasteiger partial charge < -0.3 is 16.4 Å². The van der Waals surface area contributed by atoms with Crippen LogP contribution in [-0.2, 0) is 6.54 Å². The van der Waals surface area contributed by atoms with Gasteiger partial charge in [0.2, 0.25) is 0 Å². The maximum atomic E-state index is 10.8. The number of thioether (sulfide) groups is 1. The molecule has 0 radical (unpaired) electrons. The number of urea groups is 1. The van der Waals surface area contributed by atoms with E-state index in [1.807, 2.05) is 18.2 Å². The molecule has 0 aromatic heterocycles. The maximum absolute atomic E-state index is 10.8. The third kappa shape index (κ3) is 4.20. The summed E-state index contributed by atoms with van der Waals surface area (Å²) >= 11 is 1.73. The number of nitrogens with one attached hydrogen (secondary N) is 2. The highest BCUT2D eigenvalue weighted by Gasteiger charge is 1.99. The number of hydrogen-bond donors (Lipinski definition) is 3. The van der Waals surface area contributed by atoms with Gasteiger partial charge in [0, 0.05) is 22.8 Å². The molecular weight excluding hydrogens is 270 g/mol. The molecule has 0 saturated heterocycles. The second-order valence-electron chi connectivity index (χ2n) is 4.27. The quantitative estimate of drug-likeness (QED) is 0.737. The van der Waals surface area contributed by atoms with Crippen molar-refractivity contribution in [2.45, 2.75) is 11.4 Å². The summed E-state index contributed by atoms with van der Waals surface area (Å²) in [6.07, 6.45) is 2.06. The van der Waals surface area contributed by atoms with E-state index in [4.69, 9.17) is 5.73 Å². The molecule has 0 unspecified atom stereocenters. The molecule has 2 amide bonds. The molecule has 0 atom stereocenters. The largest absolute Gasteiger partial charge is 0.381 e. The van der Waals surface area contributed by atoms with Crippen molar-refractivity contribution in [1.29, 1.82) is 0 Å². The second kappa shape index (κ2) is 6.86. The lowest BCUT2D eigenvalue weighted by Crippen LogP contribution is -2.19. The zero-order valence-electron chi connectivity index (χ0n) is 11.2. The molecule has 2 aromatic rings. The summed E-state index contributed by atoms with van der Waals surface area (Å²) < 4.78 is 0. The average Bonchev–Trinajstić information content (AvgIpc) is 2.45. The number of carbonyl (C=O) groups is 1. The number of primary amides is 1. The first-order valence-electron chi connectivity index (χ1n) is 6.21. The Kier molecular flexibility index (Phi) is 4.90. The molecule has 0 aliphatic heterocycles. The molecule has 0 heterocycles. The van der Waals surface area contributed by atoms with Crippen LogP contribution in [0.3, 0.4) is 0 Å². The summed E-state index contributed by atoms with van der Waals surface area (Å²) in [5.41, 5.74) is 7.92. The van der Waals surface area contributed by atoms with Crippen LogP contribution in [0.1, 0.15) is 5.56 Å². The predicted molar refractivity (Wildman–Crippen MR) is 85.2 cm³/mol. The zero-order valence-corrected chi connectivity index (χ0v) is 12.0. The molecule has 2 aromatic carbocycles. The van der Waals surface area contributed by atoms with Crippen molar-refractivity contribution < 1.29 is 4.79 Å². The molecule has 2 rings (SSSR count). The van der Waals surface area contributed by atoms with Crippen LogP contribution in [0.2, 0.25) is 0 Å². The van der Waals surface area contributed by atoms with Gasteiger partial charge in [-0.05, 0) is 42.2 Å². The maximum Gasteiger partial charge on any atom is 0.316 e. The first-order valence-corrected chi connectivity index (χ1v) is 7.43. The Hall–Kier alpha value is -2.14. The highest BCUT2D eigenvalue weighted by Crippen LogP contribution is 2.18. The van der Waals surface area contributed by atoms with E-state index in [0.29, 0.717) is 5.69 Å². The van der Waals surface area contributed by atoms with Gasteiger partial charge in [0.15, 0.2) is 0 Å². The third-order valence-electron chi connectivity index (χ3n) is 2.79. The molecule has 0 aliphatic rings. The average molecular weight is 287 g/mol. The number of carbonyl (C=O) groups excluding carboxylic acids is 1. The Morgan fingerprint density at radius 2 is 1.85 bits per heavy atom. The fourth-order valence-electron chi connectivity index (χ4n) is 1.80. The van der Waals surface area contributed by atoms with Crippen molar-refractivity contribution in [1.82, 2.24) is 0 Å². The monoisotopic (exact) mass is 287 g/mol. The molecule has 5 heteroatoms. The Morgan fingerprint density at radius 1 is 1.15 bits per heavy atom. The topological polar surface area (TPSA) is 67.2 Å². The molecule has 0 saturated carbocycles. The highest BCUT2D eigenvalue weighted by molar-refractivity contribution is 7.98. The van der Waals surface area contributed by atoms with Crippen molar-refractivity contribution in [2.24, 2.45) is 5.73 Å². The van der Waals surface area contributed by atoms with E-state index in [9.17, 15) is 4.79 Å². The van der Waals surface area contributed by atoms with Gasteiger partial charge >= 0.3 is 6.03 Å². The Labute approximate surface area is 122 Å². The predicted octanol–water partition coefficient (Wildman–Crippen LogP) is 3.51. The number of hydrogen-bond acceptors (Lipinski definition) is 3. The minimum atomic E-state index is -0.560. The van der Waals surface area contributed by atoms with Crippen molar-refractivity contribution in [3.05, 3.63) is 54.1 Å². The van der Waals surface area contributed by atoms with Crippen LogP contribution in [0.5, 0.6) is 0 Å². The number of amides is 2. The summed E-state index contributed by atoms with van der Waals surface area (Å²) in [6, 6.07) is 15.3. The Morgan fingerprint density at radius 3 is 2.50 bits per heavy atom. The van der Waals surface area contributed by atoms with Crippen LogP contribution in [0.15, 0.2) is 53.4 Å². The lowest BCUT2D eigenvalue weighted by atomic mass is 10.2. The molecule has 0 fully saturated rings. The van der Waals surface area contributed by atoms with Crippen molar-refractivity contribution in [3.63, 3.8) is 0 Å². The number of benzene rings is 2. The Balaban J connectivity index is 1.97. The zero-order chi connectivity index (χ0) is 14.4. The van der Waals surface area contributed by atoms with Crippen molar-refractivity contribution in [2.75, 3.05) is 16.9 Å². The van der Waals surface area contributed by atoms with Gasteiger partial charge in [0.05, 0.1) is 0 Å². The number of rotatable bonds is 5.